The van der Waals surface area contributed by atoms with Crippen LogP contribution in [-0.4, -0.2) is 5.97 Å². The molecule has 27 heavy (non-hydrogen) atoms. The molecule has 0 aromatic heterocycles. The van der Waals surface area contributed by atoms with Gasteiger partial charge in [0.05, 0.1) is 5.92 Å². The van der Waals surface area contributed by atoms with Gasteiger partial charge in [0.2, 0.25) is 0 Å². The van der Waals surface area contributed by atoms with Crippen molar-refractivity contribution in [2.45, 2.75) is 64.2 Å². The Morgan fingerprint density at radius 3 is 2.26 bits per heavy atom. The van der Waals surface area contributed by atoms with E-state index in [9.17, 15) is 4.79 Å². The Hall–Kier alpha value is -1.80. The number of hydrogen-bond donors (Lipinski definition) is 0. The number of rotatable bonds is 7. The highest BCUT2D eigenvalue weighted by molar-refractivity contribution is 6.30. The van der Waals surface area contributed by atoms with Crippen LogP contribution >= 0.6 is 11.6 Å². The standard InChI is InChI=1S/C24H29ClO2/c1-2-3-4-5-18-6-16-23(17-7-18)27-24(26)21-10-8-19(9-11-21)20-12-14-22(25)15-13-20/h6-7,12-17,19,21H,2-5,8-11H2,1H3/t19-,21-. The number of halogens is 1. The lowest BCUT2D eigenvalue weighted by atomic mass is 9.79. The number of hydrogen-bond acceptors (Lipinski definition) is 2. The lowest BCUT2D eigenvalue weighted by molar-refractivity contribution is -0.140. The molecular formula is C24H29ClO2. The molecule has 0 atom stereocenters. The molecule has 1 aliphatic carbocycles. The van der Waals surface area contributed by atoms with Crippen LogP contribution in [0.5, 0.6) is 5.75 Å². The molecule has 144 valence electrons. The maximum absolute atomic E-state index is 12.5. The van der Waals surface area contributed by atoms with Gasteiger partial charge in [-0.15, -0.1) is 0 Å². The molecule has 2 nitrogen and oxygen atoms in total. The second-order valence-corrected chi connectivity index (χ2v) is 8.06. The third-order valence-corrected chi connectivity index (χ3v) is 5.86. The molecule has 0 radical (unpaired) electrons. The molecule has 0 unspecified atom stereocenters. The number of unbranched alkanes of at least 4 members (excludes halogenated alkanes) is 2. The van der Waals surface area contributed by atoms with Crippen LogP contribution in [0.2, 0.25) is 5.02 Å². The van der Waals surface area contributed by atoms with Gasteiger partial charge in [-0.1, -0.05) is 55.6 Å². The normalized spacial score (nSPS) is 19.6. The van der Waals surface area contributed by atoms with Crippen LogP contribution in [0.25, 0.3) is 0 Å². The molecule has 0 heterocycles. The van der Waals surface area contributed by atoms with Crippen molar-refractivity contribution in [3.8, 4) is 5.75 Å². The van der Waals surface area contributed by atoms with Gasteiger partial charge in [0.25, 0.3) is 0 Å². The minimum absolute atomic E-state index is 0.0118. The summed E-state index contributed by atoms with van der Waals surface area (Å²) in [6.45, 7) is 2.21. The average Bonchev–Trinajstić information content (AvgIpc) is 2.70. The Balaban J connectivity index is 1.47. The SMILES string of the molecule is CCCCCc1ccc(OC(=O)[C@H]2CC[C@H](c3ccc(Cl)cc3)CC2)cc1. The average molecular weight is 385 g/mol. The van der Waals surface area contributed by atoms with Crippen molar-refractivity contribution < 1.29 is 9.53 Å². The summed E-state index contributed by atoms with van der Waals surface area (Å²) >= 11 is 5.97. The van der Waals surface area contributed by atoms with Gasteiger partial charge in [-0.25, -0.2) is 0 Å². The lowest BCUT2D eigenvalue weighted by Gasteiger charge is -2.27. The molecule has 2 aromatic carbocycles. The topological polar surface area (TPSA) is 26.3 Å². The fourth-order valence-electron chi connectivity index (χ4n) is 3.90. The molecular weight excluding hydrogens is 356 g/mol. The van der Waals surface area contributed by atoms with Crippen molar-refractivity contribution in [2.75, 3.05) is 0 Å². The molecule has 1 fully saturated rings. The number of carbonyl (C=O) groups excluding carboxylic acids is 1. The van der Waals surface area contributed by atoms with Crippen LogP contribution in [0.4, 0.5) is 0 Å². The predicted molar refractivity (Wildman–Crippen MR) is 111 cm³/mol. The Kier molecular flexibility index (Phi) is 7.34. The molecule has 0 saturated heterocycles. The Bertz CT molecular complexity index is 713. The molecule has 0 spiro atoms. The second kappa shape index (κ2) is 9.94. The smallest absolute Gasteiger partial charge is 0.314 e. The monoisotopic (exact) mass is 384 g/mol. The van der Waals surface area contributed by atoms with E-state index >= 15 is 0 Å². The summed E-state index contributed by atoms with van der Waals surface area (Å²) in [5, 5.41) is 0.771. The first-order valence-electron chi connectivity index (χ1n) is 10.2. The van der Waals surface area contributed by atoms with Gasteiger partial charge in [-0.2, -0.15) is 0 Å². The summed E-state index contributed by atoms with van der Waals surface area (Å²) < 4.78 is 5.63. The second-order valence-electron chi connectivity index (χ2n) is 7.62. The van der Waals surface area contributed by atoms with Gasteiger partial charge in [0.1, 0.15) is 5.75 Å². The Labute approximate surface area is 167 Å². The zero-order valence-corrected chi connectivity index (χ0v) is 16.9. The van der Waals surface area contributed by atoms with Gasteiger partial charge < -0.3 is 4.74 Å². The summed E-state index contributed by atoms with van der Waals surface area (Å²) in [5.74, 6) is 1.12. The van der Waals surface area contributed by atoms with Gasteiger partial charge in [-0.3, -0.25) is 4.79 Å². The molecule has 3 heteroatoms. The summed E-state index contributed by atoms with van der Waals surface area (Å²) in [5.41, 5.74) is 2.64. The quantitative estimate of drug-likeness (QED) is 0.293. The molecule has 1 saturated carbocycles. The van der Waals surface area contributed by atoms with Gasteiger partial charge in [-0.05, 0) is 79.8 Å². The molecule has 0 amide bonds. The van der Waals surface area contributed by atoms with Crippen LogP contribution < -0.4 is 4.74 Å². The minimum Gasteiger partial charge on any atom is -0.426 e. The summed E-state index contributed by atoms with van der Waals surface area (Å²) in [4.78, 5) is 12.5. The van der Waals surface area contributed by atoms with Gasteiger partial charge in [0, 0.05) is 5.02 Å². The van der Waals surface area contributed by atoms with Crippen LogP contribution in [0.1, 0.15) is 68.9 Å². The molecule has 3 rings (SSSR count). The Morgan fingerprint density at radius 2 is 1.63 bits per heavy atom. The number of carbonyl (C=O) groups is 1. The fraction of sp³-hybridized carbons (Fsp3) is 0.458. The summed E-state index contributed by atoms with van der Waals surface area (Å²) in [6.07, 6.45) is 8.63. The van der Waals surface area contributed by atoms with Crippen LogP contribution in [0, 0.1) is 5.92 Å². The molecule has 0 bridgehead atoms. The van der Waals surface area contributed by atoms with Crippen molar-refractivity contribution in [3.05, 3.63) is 64.7 Å². The zero-order chi connectivity index (χ0) is 19.1. The van der Waals surface area contributed by atoms with Crippen molar-refractivity contribution in [1.82, 2.24) is 0 Å². The van der Waals surface area contributed by atoms with E-state index in [4.69, 9.17) is 16.3 Å². The van der Waals surface area contributed by atoms with E-state index in [1.807, 2.05) is 24.3 Å². The highest BCUT2D eigenvalue weighted by Crippen LogP contribution is 2.36. The van der Waals surface area contributed by atoms with Crippen molar-refractivity contribution >= 4 is 17.6 Å². The molecule has 2 aromatic rings. The van der Waals surface area contributed by atoms with E-state index in [1.54, 1.807) is 0 Å². The van der Waals surface area contributed by atoms with E-state index in [0.717, 1.165) is 37.1 Å². The fourth-order valence-corrected chi connectivity index (χ4v) is 4.03. The van der Waals surface area contributed by atoms with Crippen molar-refractivity contribution in [2.24, 2.45) is 5.92 Å². The Morgan fingerprint density at radius 1 is 0.963 bits per heavy atom. The zero-order valence-electron chi connectivity index (χ0n) is 16.1. The number of ether oxygens (including phenoxy) is 1. The van der Waals surface area contributed by atoms with Crippen LogP contribution in [0.3, 0.4) is 0 Å². The van der Waals surface area contributed by atoms with Crippen molar-refractivity contribution in [3.63, 3.8) is 0 Å². The van der Waals surface area contributed by atoms with Crippen LogP contribution in [-0.2, 0) is 11.2 Å². The predicted octanol–water partition coefficient (Wildman–Crippen LogP) is 6.95. The van der Waals surface area contributed by atoms with Gasteiger partial charge in [0.15, 0.2) is 0 Å². The van der Waals surface area contributed by atoms with Crippen LogP contribution in [0.15, 0.2) is 48.5 Å². The summed E-state index contributed by atoms with van der Waals surface area (Å²) in [6, 6.07) is 16.1. The number of esters is 1. The largest absolute Gasteiger partial charge is 0.426 e. The highest BCUT2D eigenvalue weighted by Gasteiger charge is 2.28. The third-order valence-electron chi connectivity index (χ3n) is 5.61. The molecule has 1 aliphatic rings. The third kappa shape index (κ3) is 5.84. The maximum atomic E-state index is 12.5. The maximum Gasteiger partial charge on any atom is 0.314 e. The highest BCUT2D eigenvalue weighted by atomic mass is 35.5. The summed E-state index contributed by atoms with van der Waals surface area (Å²) in [7, 11) is 0. The molecule has 0 aliphatic heterocycles. The first-order chi connectivity index (χ1) is 13.2. The van der Waals surface area contributed by atoms with E-state index in [0.29, 0.717) is 11.7 Å². The number of benzene rings is 2. The minimum atomic E-state index is -0.0803. The number of aryl methyl sites for hydroxylation is 1. The van der Waals surface area contributed by atoms with E-state index in [-0.39, 0.29) is 11.9 Å². The van der Waals surface area contributed by atoms with E-state index in [1.165, 1.54) is 30.4 Å². The first kappa shape index (κ1) is 19.9. The lowest BCUT2D eigenvalue weighted by Crippen LogP contribution is -2.25. The van der Waals surface area contributed by atoms with Crippen molar-refractivity contribution in [1.29, 1.82) is 0 Å². The van der Waals surface area contributed by atoms with Gasteiger partial charge >= 0.3 is 5.97 Å². The van der Waals surface area contributed by atoms with E-state index in [2.05, 4.69) is 31.2 Å². The molecule has 0 N–H and O–H groups in total. The first-order valence-corrected chi connectivity index (χ1v) is 10.6. The van der Waals surface area contributed by atoms with E-state index < -0.39 is 0 Å².